The summed E-state index contributed by atoms with van der Waals surface area (Å²) in [7, 11) is -1.33. The Morgan fingerprint density at radius 1 is 0.680 bits per heavy atom. The van der Waals surface area contributed by atoms with Gasteiger partial charge in [-0.1, -0.05) is 73.5 Å². The second-order valence-electron chi connectivity index (χ2n) is 6.61. The summed E-state index contributed by atoms with van der Waals surface area (Å²) in [5.74, 6) is 0. The summed E-state index contributed by atoms with van der Waals surface area (Å²) in [5, 5.41) is 0. The van der Waals surface area contributed by atoms with E-state index in [2.05, 4.69) is 53.4 Å². The van der Waals surface area contributed by atoms with Crippen LogP contribution in [0.15, 0.2) is 60.7 Å². The van der Waals surface area contributed by atoms with Crippen LogP contribution in [0.25, 0.3) is 0 Å². The molecule has 133 valence electrons. The molecular weight excluding hydrogens is 326 g/mol. The molecule has 1 radical (unpaired) electrons. The largest absolute Gasteiger partial charge is 0.400 e. The summed E-state index contributed by atoms with van der Waals surface area (Å²) in [5.41, 5.74) is 2.42. The van der Waals surface area contributed by atoms with Crippen molar-refractivity contribution >= 4 is 9.28 Å². The molecule has 0 bridgehead atoms. The summed E-state index contributed by atoms with van der Waals surface area (Å²) in [4.78, 5) is 2.54. The molecule has 1 fully saturated rings. The molecule has 0 aliphatic carbocycles. The topological polar surface area (TPSA) is 21.7 Å². The van der Waals surface area contributed by atoms with Gasteiger partial charge in [-0.05, 0) is 37.1 Å². The summed E-state index contributed by atoms with van der Waals surface area (Å²) in [6.45, 7) is 3.63. The quantitative estimate of drug-likeness (QED) is 0.659. The molecule has 4 heteroatoms. The second-order valence-corrected chi connectivity index (χ2v) is 8.25. The smallest absolute Gasteiger partial charge is 0.388 e. The molecule has 1 saturated heterocycles. The first-order chi connectivity index (χ1) is 12.4. The highest BCUT2D eigenvalue weighted by Gasteiger charge is 2.22. The molecule has 0 N–H and O–H groups in total. The van der Waals surface area contributed by atoms with E-state index in [0.29, 0.717) is 13.2 Å². The second kappa shape index (κ2) is 10.5. The van der Waals surface area contributed by atoms with Crippen molar-refractivity contribution < 1.29 is 8.85 Å². The summed E-state index contributed by atoms with van der Waals surface area (Å²) < 4.78 is 12.5. The lowest BCUT2D eigenvalue weighted by atomic mass is 10.2. The molecule has 3 rings (SSSR count). The molecular formula is C21H28NO2Si. The average Bonchev–Trinajstić information content (AvgIpc) is 2.94. The molecule has 2 aromatic rings. The molecule has 3 nitrogen and oxygen atoms in total. The van der Waals surface area contributed by atoms with Crippen LogP contribution in [0.3, 0.4) is 0 Å². The number of rotatable bonds is 8. The zero-order valence-electron chi connectivity index (χ0n) is 14.9. The Hall–Kier alpha value is -1.46. The lowest BCUT2D eigenvalue weighted by molar-refractivity contribution is 0.162. The van der Waals surface area contributed by atoms with Gasteiger partial charge in [0, 0.05) is 6.17 Å². The maximum atomic E-state index is 6.23. The fraction of sp³-hybridized carbons (Fsp3) is 0.429. The lowest BCUT2D eigenvalue weighted by Crippen LogP contribution is -2.39. The van der Waals surface area contributed by atoms with Gasteiger partial charge in [-0.2, -0.15) is 0 Å². The third-order valence-corrected chi connectivity index (χ3v) is 6.17. The summed E-state index contributed by atoms with van der Waals surface area (Å²) >= 11 is 0. The van der Waals surface area contributed by atoms with E-state index >= 15 is 0 Å². The van der Waals surface area contributed by atoms with Gasteiger partial charge in [0.2, 0.25) is 0 Å². The highest BCUT2D eigenvalue weighted by atomic mass is 28.3. The molecule has 0 spiro atoms. The molecule has 25 heavy (non-hydrogen) atoms. The molecule has 1 heterocycles. The summed E-state index contributed by atoms with van der Waals surface area (Å²) in [6, 6.07) is 20.8. The molecule has 0 atom stereocenters. The lowest BCUT2D eigenvalue weighted by Gasteiger charge is -2.24. The Kier molecular flexibility index (Phi) is 7.71. The SMILES string of the molecule is c1ccc(CO[Si](CN2CCCCCC2)OCc2ccccc2)cc1. The Morgan fingerprint density at radius 2 is 1.16 bits per heavy atom. The predicted octanol–water partition coefficient (Wildman–Crippen LogP) is 4.32. The minimum atomic E-state index is -1.33. The number of benzene rings is 2. The third kappa shape index (κ3) is 6.75. The molecule has 0 aromatic heterocycles. The Morgan fingerprint density at radius 3 is 1.64 bits per heavy atom. The molecule has 0 unspecified atom stereocenters. The maximum Gasteiger partial charge on any atom is 0.400 e. The molecule has 1 aliphatic rings. The number of hydrogen-bond acceptors (Lipinski definition) is 3. The van der Waals surface area contributed by atoms with Crippen LogP contribution in [0.2, 0.25) is 0 Å². The summed E-state index contributed by atoms with van der Waals surface area (Å²) in [6.07, 6.45) is 6.26. The van der Waals surface area contributed by atoms with Crippen LogP contribution in [0, 0.1) is 0 Å². The third-order valence-electron chi connectivity index (χ3n) is 4.54. The van der Waals surface area contributed by atoms with Gasteiger partial charge in [0.1, 0.15) is 0 Å². The van der Waals surface area contributed by atoms with E-state index < -0.39 is 9.28 Å². The van der Waals surface area contributed by atoms with Crippen LogP contribution in [0.1, 0.15) is 36.8 Å². The van der Waals surface area contributed by atoms with Gasteiger partial charge in [-0.3, -0.25) is 0 Å². The first-order valence-corrected chi connectivity index (χ1v) is 10.8. The van der Waals surface area contributed by atoms with Gasteiger partial charge in [-0.15, -0.1) is 0 Å². The minimum Gasteiger partial charge on any atom is -0.388 e. The van der Waals surface area contributed by atoms with Gasteiger partial charge >= 0.3 is 9.28 Å². The Bertz CT molecular complexity index is 542. The van der Waals surface area contributed by atoms with E-state index in [0.717, 1.165) is 6.17 Å². The van der Waals surface area contributed by atoms with Gasteiger partial charge in [0.15, 0.2) is 0 Å². The van der Waals surface area contributed by atoms with Crippen molar-refractivity contribution in [1.29, 1.82) is 0 Å². The predicted molar refractivity (Wildman–Crippen MR) is 103 cm³/mol. The van der Waals surface area contributed by atoms with Crippen LogP contribution < -0.4 is 0 Å². The van der Waals surface area contributed by atoms with E-state index in [1.54, 1.807) is 0 Å². The van der Waals surface area contributed by atoms with Crippen molar-refractivity contribution in [3.63, 3.8) is 0 Å². The Balaban J connectivity index is 1.55. The number of likely N-dealkylation sites (tertiary alicyclic amines) is 1. The van der Waals surface area contributed by atoms with Crippen molar-refractivity contribution in [2.24, 2.45) is 0 Å². The standard InChI is InChI=1S/C21H28NO2Si/c1-2-10-16-22(15-9-1)19-25(23-17-20-11-5-3-6-12-20)24-18-21-13-7-4-8-14-21/h3-8,11-14H,1-2,9-10,15-19H2. The van der Waals surface area contributed by atoms with Crippen LogP contribution in [0.4, 0.5) is 0 Å². The van der Waals surface area contributed by atoms with Gasteiger partial charge in [-0.25, -0.2) is 0 Å². The minimum absolute atomic E-state index is 0.637. The van der Waals surface area contributed by atoms with Gasteiger partial charge in [0.05, 0.1) is 13.2 Å². The number of hydrogen-bond donors (Lipinski definition) is 0. The molecule has 0 saturated carbocycles. The fourth-order valence-electron chi connectivity index (χ4n) is 3.09. The van der Waals surface area contributed by atoms with E-state index in [1.807, 2.05) is 12.1 Å². The van der Waals surface area contributed by atoms with Crippen molar-refractivity contribution in [1.82, 2.24) is 4.90 Å². The zero-order chi connectivity index (χ0) is 17.2. The Labute approximate surface area is 153 Å². The highest BCUT2D eigenvalue weighted by Crippen LogP contribution is 2.12. The van der Waals surface area contributed by atoms with E-state index in [1.165, 1.54) is 49.9 Å². The first-order valence-electron chi connectivity index (χ1n) is 9.32. The van der Waals surface area contributed by atoms with Crippen LogP contribution in [-0.2, 0) is 22.1 Å². The van der Waals surface area contributed by atoms with E-state index in [-0.39, 0.29) is 0 Å². The number of nitrogens with zero attached hydrogens (tertiary/aromatic N) is 1. The van der Waals surface area contributed by atoms with Crippen molar-refractivity contribution in [3.05, 3.63) is 71.8 Å². The fourth-order valence-corrected chi connectivity index (χ4v) is 4.69. The highest BCUT2D eigenvalue weighted by molar-refractivity contribution is 6.44. The van der Waals surface area contributed by atoms with E-state index in [4.69, 9.17) is 8.85 Å². The van der Waals surface area contributed by atoms with Gasteiger partial charge in [0.25, 0.3) is 0 Å². The molecule has 1 aliphatic heterocycles. The zero-order valence-corrected chi connectivity index (χ0v) is 15.9. The first kappa shape index (κ1) is 18.3. The molecule has 0 amide bonds. The van der Waals surface area contributed by atoms with Crippen molar-refractivity contribution in [2.45, 2.75) is 38.9 Å². The van der Waals surface area contributed by atoms with E-state index in [9.17, 15) is 0 Å². The van der Waals surface area contributed by atoms with Crippen LogP contribution >= 0.6 is 0 Å². The van der Waals surface area contributed by atoms with Crippen LogP contribution in [0.5, 0.6) is 0 Å². The molecule has 2 aromatic carbocycles. The van der Waals surface area contributed by atoms with Crippen molar-refractivity contribution in [2.75, 3.05) is 19.3 Å². The van der Waals surface area contributed by atoms with Gasteiger partial charge < -0.3 is 13.8 Å². The van der Waals surface area contributed by atoms with Crippen molar-refractivity contribution in [3.8, 4) is 0 Å². The normalized spacial score (nSPS) is 16.0. The monoisotopic (exact) mass is 354 g/mol. The average molecular weight is 355 g/mol. The van der Waals surface area contributed by atoms with Crippen LogP contribution in [-0.4, -0.2) is 33.4 Å². The maximum absolute atomic E-state index is 6.23.